The van der Waals surface area contributed by atoms with Gasteiger partial charge in [-0.2, -0.15) is 0 Å². The molecule has 0 saturated heterocycles. The van der Waals surface area contributed by atoms with Crippen LogP contribution < -0.4 is 0 Å². The summed E-state index contributed by atoms with van der Waals surface area (Å²) in [7, 11) is 0. The predicted octanol–water partition coefficient (Wildman–Crippen LogP) is 3.78. The molecule has 0 fully saturated rings. The zero-order chi connectivity index (χ0) is 8.48. The highest BCUT2D eigenvalue weighted by Crippen LogP contribution is 2.38. The molecule has 0 heteroatoms. The Morgan fingerprint density at radius 1 is 1.55 bits per heavy atom. The maximum absolute atomic E-state index is 2.49. The minimum Gasteiger partial charge on any atom is -0.0794 e. The molecule has 0 heterocycles. The summed E-state index contributed by atoms with van der Waals surface area (Å²) in [5, 5.41) is 0. The van der Waals surface area contributed by atoms with E-state index in [1.54, 1.807) is 5.57 Å². The first kappa shape index (κ1) is 8.83. The lowest BCUT2D eigenvalue weighted by molar-refractivity contribution is 0.269. The first-order valence-corrected chi connectivity index (χ1v) is 4.77. The molecule has 1 atom stereocenters. The van der Waals surface area contributed by atoms with Crippen LogP contribution in [0.2, 0.25) is 0 Å². The van der Waals surface area contributed by atoms with Gasteiger partial charge in [0.05, 0.1) is 0 Å². The van der Waals surface area contributed by atoms with Crippen LogP contribution in [0.3, 0.4) is 0 Å². The fourth-order valence-corrected chi connectivity index (χ4v) is 1.79. The quantitative estimate of drug-likeness (QED) is 0.502. The minimum atomic E-state index is 0.448. The third kappa shape index (κ3) is 1.85. The first-order valence-electron chi connectivity index (χ1n) is 4.77. The lowest BCUT2D eigenvalue weighted by Crippen LogP contribution is -2.23. The van der Waals surface area contributed by atoms with Crippen molar-refractivity contribution in [3.05, 3.63) is 11.6 Å². The summed E-state index contributed by atoms with van der Waals surface area (Å²) in [6, 6.07) is 0. The fourth-order valence-electron chi connectivity index (χ4n) is 1.79. The number of allylic oxidation sites excluding steroid dienone is 2. The summed E-state index contributed by atoms with van der Waals surface area (Å²) in [6.07, 6.45) is 6.45. The van der Waals surface area contributed by atoms with Crippen molar-refractivity contribution in [1.82, 2.24) is 0 Å². The molecule has 0 aromatic carbocycles. The van der Waals surface area contributed by atoms with Crippen molar-refractivity contribution in [3.8, 4) is 0 Å². The number of rotatable bonds is 1. The van der Waals surface area contributed by atoms with E-state index in [0.717, 1.165) is 5.92 Å². The molecule has 0 aromatic heterocycles. The normalized spacial score (nSPS) is 29.8. The summed E-state index contributed by atoms with van der Waals surface area (Å²) in [5.41, 5.74) is 2.11. The zero-order valence-electron chi connectivity index (χ0n) is 8.28. The van der Waals surface area contributed by atoms with Gasteiger partial charge in [0.1, 0.15) is 0 Å². The van der Waals surface area contributed by atoms with Crippen LogP contribution in [0.25, 0.3) is 0 Å². The van der Waals surface area contributed by atoms with E-state index >= 15 is 0 Å². The van der Waals surface area contributed by atoms with Gasteiger partial charge in [0.15, 0.2) is 0 Å². The van der Waals surface area contributed by atoms with Gasteiger partial charge in [-0.3, -0.25) is 0 Å². The van der Waals surface area contributed by atoms with Crippen LogP contribution in [0.15, 0.2) is 11.6 Å². The third-order valence-electron chi connectivity index (χ3n) is 3.20. The van der Waals surface area contributed by atoms with Gasteiger partial charge in [0.25, 0.3) is 0 Å². The van der Waals surface area contributed by atoms with Crippen LogP contribution in [0.1, 0.15) is 47.0 Å². The van der Waals surface area contributed by atoms with Crippen LogP contribution in [-0.2, 0) is 0 Å². The summed E-state index contributed by atoms with van der Waals surface area (Å²) >= 11 is 0. The molecular weight excluding hydrogens is 132 g/mol. The van der Waals surface area contributed by atoms with Gasteiger partial charge in [-0.25, -0.2) is 0 Å². The molecule has 0 saturated carbocycles. The molecule has 1 aliphatic rings. The molecule has 0 aliphatic heterocycles. The Bertz CT molecular complexity index is 163. The van der Waals surface area contributed by atoms with E-state index in [1.165, 1.54) is 19.3 Å². The topological polar surface area (TPSA) is 0 Å². The molecule has 1 unspecified atom stereocenters. The van der Waals surface area contributed by atoms with Gasteiger partial charge in [-0.1, -0.05) is 39.3 Å². The molecule has 0 N–H and O–H groups in total. The largest absolute Gasteiger partial charge is 0.0794 e. The highest BCUT2D eigenvalue weighted by atomic mass is 14.3. The molecule has 0 bridgehead atoms. The molecule has 0 amide bonds. The Morgan fingerprint density at radius 2 is 2.18 bits per heavy atom. The highest BCUT2D eigenvalue weighted by molar-refractivity contribution is 5.12. The van der Waals surface area contributed by atoms with Gasteiger partial charge in [0, 0.05) is 0 Å². The standard InChI is InChI=1S/C11H20/c1-5-10-7-6-9(2)11(3,4)8-10/h8-9H,5-7H2,1-4H3. The monoisotopic (exact) mass is 152 g/mol. The molecule has 0 spiro atoms. The second-order valence-corrected chi connectivity index (χ2v) is 4.42. The predicted molar refractivity (Wildman–Crippen MR) is 50.6 cm³/mol. The van der Waals surface area contributed by atoms with E-state index in [4.69, 9.17) is 0 Å². The van der Waals surface area contributed by atoms with Crippen LogP contribution in [0.5, 0.6) is 0 Å². The number of hydrogen-bond donors (Lipinski definition) is 0. The summed E-state index contributed by atoms with van der Waals surface area (Å²) < 4.78 is 0. The second kappa shape index (κ2) is 3.00. The molecular formula is C11H20. The molecule has 64 valence electrons. The van der Waals surface area contributed by atoms with Crippen molar-refractivity contribution in [2.24, 2.45) is 11.3 Å². The van der Waals surface area contributed by atoms with Gasteiger partial charge in [0.2, 0.25) is 0 Å². The van der Waals surface area contributed by atoms with E-state index in [0.29, 0.717) is 5.41 Å². The van der Waals surface area contributed by atoms with E-state index in [2.05, 4.69) is 33.8 Å². The maximum Gasteiger partial charge on any atom is -0.0146 e. The van der Waals surface area contributed by atoms with E-state index in [-0.39, 0.29) is 0 Å². The summed E-state index contributed by atoms with van der Waals surface area (Å²) in [4.78, 5) is 0. The van der Waals surface area contributed by atoms with Gasteiger partial charge in [-0.15, -0.1) is 0 Å². The third-order valence-corrected chi connectivity index (χ3v) is 3.20. The molecule has 0 radical (unpaired) electrons. The first-order chi connectivity index (χ1) is 5.06. The van der Waals surface area contributed by atoms with Crippen LogP contribution >= 0.6 is 0 Å². The average Bonchev–Trinajstić information content (AvgIpc) is 1.95. The fraction of sp³-hybridized carbons (Fsp3) is 0.818. The van der Waals surface area contributed by atoms with Gasteiger partial charge in [-0.05, 0) is 30.6 Å². The van der Waals surface area contributed by atoms with Crippen molar-refractivity contribution in [2.45, 2.75) is 47.0 Å². The van der Waals surface area contributed by atoms with E-state index in [9.17, 15) is 0 Å². The van der Waals surface area contributed by atoms with E-state index in [1.807, 2.05) is 0 Å². The molecule has 0 aromatic rings. The average molecular weight is 152 g/mol. The Morgan fingerprint density at radius 3 is 2.64 bits per heavy atom. The smallest absolute Gasteiger partial charge is 0.0146 e. The molecule has 0 nitrogen and oxygen atoms in total. The SMILES string of the molecule is CCC1=CC(C)(C)C(C)CC1. The number of hydrogen-bond acceptors (Lipinski definition) is 0. The Balaban J connectivity index is 2.76. The lowest BCUT2D eigenvalue weighted by Gasteiger charge is -2.34. The van der Waals surface area contributed by atoms with E-state index < -0.39 is 0 Å². The Hall–Kier alpha value is -0.260. The highest BCUT2D eigenvalue weighted by Gasteiger charge is 2.26. The second-order valence-electron chi connectivity index (χ2n) is 4.42. The van der Waals surface area contributed by atoms with Crippen LogP contribution in [0.4, 0.5) is 0 Å². The molecule has 1 rings (SSSR count). The molecule has 11 heavy (non-hydrogen) atoms. The van der Waals surface area contributed by atoms with Crippen molar-refractivity contribution in [1.29, 1.82) is 0 Å². The van der Waals surface area contributed by atoms with Crippen LogP contribution in [0, 0.1) is 11.3 Å². The van der Waals surface area contributed by atoms with Crippen LogP contribution in [-0.4, -0.2) is 0 Å². The Kier molecular flexibility index (Phi) is 2.41. The Labute approximate surface area is 70.7 Å². The van der Waals surface area contributed by atoms with Crippen molar-refractivity contribution >= 4 is 0 Å². The minimum absolute atomic E-state index is 0.448. The maximum atomic E-state index is 2.49. The lowest BCUT2D eigenvalue weighted by atomic mass is 9.71. The molecule has 1 aliphatic carbocycles. The van der Waals surface area contributed by atoms with Crippen molar-refractivity contribution < 1.29 is 0 Å². The van der Waals surface area contributed by atoms with Gasteiger partial charge >= 0.3 is 0 Å². The van der Waals surface area contributed by atoms with Crippen molar-refractivity contribution in [3.63, 3.8) is 0 Å². The summed E-state index contributed by atoms with van der Waals surface area (Å²) in [5.74, 6) is 0.859. The summed E-state index contributed by atoms with van der Waals surface area (Å²) in [6.45, 7) is 9.33. The van der Waals surface area contributed by atoms with Crippen molar-refractivity contribution in [2.75, 3.05) is 0 Å². The van der Waals surface area contributed by atoms with Gasteiger partial charge < -0.3 is 0 Å². The zero-order valence-corrected chi connectivity index (χ0v) is 8.28.